The van der Waals surface area contributed by atoms with Gasteiger partial charge in [-0.1, -0.05) is 28.1 Å². The highest BCUT2D eigenvalue weighted by molar-refractivity contribution is 9.10. The molecule has 0 bridgehead atoms. The van der Waals surface area contributed by atoms with Gasteiger partial charge < -0.3 is 4.74 Å². The Hall–Kier alpha value is -1.82. The van der Waals surface area contributed by atoms with Crippen molar-refractivity contribution < 1.29 is 9.53 Å². The third-order valence-corrected chi connectivity index (χ3v) is 3.73. The fraction of sp³-hybridized carbons (Fsp3) is 0.375. The fourth-order valence-electron chi connectivity index (χ4n) is 1.95. The van der Waals surface area contributed by atoms with E-state index >= 15 is 0 Å². The summed E-state index contributed by atoms with van der Waals surface area (Å²) in [5, 5.41) is 0. The van der Waals surface area contributed by atoms with Gasteiger partial charge in [-0.2, -0.15) is 0 Å². The van der Waals surface area contributed by atoms with Gasteiger partial charge in [0.05, 0.1) is 6.54 Å². The summed E-state index contributed by atoms with van der Waals surface area (Å²) < 4.78 is 8.59. The maximum Gasteiger partial charge on any atom is 0.422 e. The van der Waals surface area contributed by atoms with Gasteiger partial charge in [-0.15, -0.1) is 0 Å². The molecule has 0 unspecified atom stereocenters. The van der Waals surface area contributed by atoms with Crippen LogP contribution in [-0.2, 0) is 11.3 Å². The molecule has 6 heteroatoms. The van der Waals surface area contributed by atoms with E-state index in [-0.39, 0.29) is 0 Å². The van der Waals surface area contributed by atoms with Gasteiger partial charge in [0.25, 0.3) is 0 Å². The van der Waals surface area contributed by atoms with E-state index in [1.54, 1.807) is 27.0 Å². The van der Waals surface area contributed by atoms with Gasteiger partial charge in [-0.25, -0.2) is 14.2 Å². The number of imidazole rings is 1. The number of halogens is 1. The molecule has 0 aliphatic heterocycles. The summed E-state index contributed by atoms with van der Waals surface area (Å²) in [7, 11) is 0. The van der Waals surface area contributed by atoms with Crippen LogP contribution in [-0.4, -0.2) is 20.8 Å². The van der Waals surface area contributed by atoms with Crippen LogP contribution in [0, 0.1) is 6.92 Å². The lowest BCUT2D eigenvalue weighted by Crippen LogP contribution is -2.34. The number of ether oxygens (including phenoxy) is 1. The van der Waals surface area contributed by atoms with E-state index in [2.05, 4.69) is 15.9 Å². The normalized spacial score (nSPS) is 11.5. The van der Waals surface area contributed by atoms with Crippen LogP contribution in [0.1, 0.15) is 31.9 Å². The maximum atomic E-state index is 12.3. The van der Waals surface area contributed by atoms with Crippen molar-refractivity contribution in [3.63, 3.8) is 0 Å². The van der Waals surface area contributed by atoms with Crippen LogP contribution in [0.2, 0.25) is 0 Å². The second-order valence-electron chi connectivity index (χ2n) is 6.15. The number of nitrogens with zero attached hydrogens (tertiary/aromatic N) is 2. The van der Waals surface area contributed by atoms with Crippen molar-refractivity contribution in [1.82, 2.24) is 9.13 Å². The lowest BCUT2D eigenvalue weighted by Gasteiger charge is -2.18. The van der Waals surface area contributed by atoms with Crippen molar-refractivity contribution in [2.45, 2.75) is 39.8 Å². The summed E-state index contributed by atoms with van der Waals surface area (Å²) in [4.78, 5) is 24.3. The minimum absolute atomic E-state index is 0.384. The molecule has 0 amide bonds. The highest BCUT2D eigenvalue weighted by Crippen LogP contribution is 2.19. The summed E-state index contributed by atoms with van der Waals surface area (Å²) in [6.45, 7) is 7.66. The number of carbonyl (C=O) groups is 1. The van der Waals surface area contributed by atoms with E-state index in [1.165, 1.54) is 10.8 Å². The number of aryl methyl sites for hydroxylation is 1. The minimum atomic E-state index is -0.667. The minimum Gasteiger partial charge on any atom is -0.443 e. The fourth-order valence-corrected chi connectivity index (χ4v) is 2.57. The lowest BCUT2D eigenvalue weighted by molar-refractivity contribution is 0.0530. The highest BCUT2D eigenvalue weighted by Gasteiger charge is 2.20. The van der Waals surface area contributed by atoms with E-state index in [0.29, 0.717) is 6.54 Å². The van der Waals surface area contributed by atoms with Crippen LogP contribution in [0.15, 0.2) is 39.9 Å². The molecule has 1 heterocycles. The molecule has 5 nitrogen and oxygen atoms in total. The number of hydrogen-bond acceptors (Lipinski definition) is 3. The van der Waals surface area contributed by atoms with Crippen molar-refractivity contribution in [3.05, 3.63) is 56.7 Å². The largest absolute Gasteiger partial charge is 0.443 e. The zero-order chi connectivity index (χ0) is 16.5. The van der Waals surface area contributed by atoms with Crippen LogP contribution in [0.4, 0.5) is 4.79 Å². The monoisotopic (exact) mass is 366 g/mol. The standard InChI is InChI=1S/C16H19BrN2O3/c1-11-5-6-12(13(17)9-11)10-18-7-8-19(14(18)20)15(21)22-16(2,3)4/h5-9H,10H2,1-4H3. The number of hydrogen-bond donors (Lipinski definition) is 0. The average molecular weight is 367 g/mol. The van der Waals surface area contributed by atoms with Gasteiger partial charge in [0, 0.05) is 16.9 Å². The van der Waals surface area contributed by atoms with Crippen LogP contribution in [0.5, 0.6) is 0 Å². The first-order valence-electron chi connectivity index (χ1n) is 6.93. The second kappa shape index (κ2) is 6.12. The number of rotatable bonds is 2. The third-order valence-electron chi connectivity index (χ3n) is 2.99. The van der Waals surface area contributed by atoms with Crippen molar-refractivity contribution in [2.24, 2.45) is 0 Å². The molecule has 1 aromatic heterocycles. The molecule has 0 N–H and O–H groups in total. The molecule has 0 fully saturated rings. The molecule has 0 atom stereocenters. The van der Waals surface area contributed by atoms with E-state index in [9.17, 15) is 9.59 Å². The summed E-state index contributed by atoms with van der Waals surface area (Å²) in [6.07, 6.45) is 2.34. The quantitative estimate of drug-likeness (QED) is 0.816. The predicted octanol–water partition coefficient (Wildman–Crippen LogP) is 3.55. The van der Waals surface area contributed by atoms with Gasteiger partial charge in [0.15, 0.2) is 0 Å². The van der Waals surface area contributed by atoms with Gasteiger partial charge in [0.1, 0.15) is 5.60 Å². The SMILES string of the molecule is Cc1ccc(Cn2ccn(C(=O)OC(C)(C)C)c2=O)c(Br)c1. The van der Waals surface area contributed by atoms with Crippen LogP contribution in [0.3, 0.4) is 0 Å². The summed E-state index contributed by atoms with van der Waals surface area (Å²) >= 11 is 3.49. The zero-order valence-electron chi connectivity index (χ0n) is 13.1. The zero-order valence-corrected chi connectivity index (χ0v) is 14.7. The molecule has 22 heavy (non-hydrogen) atoms. The summed E-state index contributed by atoms with van der Waals surface area (Å²) in [5.74, 6) is 0. The molecule has 2 aromatic rings. The maximum absolute atomic E-state index is 12.3. The Bertz CT molecular complexity index is 753. The Morgan fingerprint density at radius 1 is 1.27 bits per heavy atom. The number of carbonyl (C=O) groups excluding carboxylic acids is 1. The molecule has 0 saturated carbocycles. The van der Waals surface area contributed by atoms with Gasteiger partial charge in [0.2, 0.25) is 0 Å². The Morgan fingerprint density at radius 2 is 1.95 bits per heavy atom. The van der Waals surface area contributed by atoms with Gasteiger partial charge in [-0.05, 0) is 44.9 Å². The first-order valence-corrected chi connectivity index (χ1v) is 7.73. The molecule has 0 aliphatic carbocycles. The topological polar surface area (TPSA) is 53.2 Å². The van der Waals surface area contributed by atoms with Gasteiger partial charge in [-0.3, -0.25) is 4.57 Å². The van der Waals surface area contributed by atoms with Crippen molar-refractivity contribution in [1.29, 1.82) is 0 Å². The van der Waals surface area contributed by atoms with Crippen molar-refractivity contribution >= 4 is 22.0 Å². The number of benzene rings is 1. The Morgan fingerprint density at radius 3 is 2.55 bits per heavy atom. The van der Waals surface area contributed by atoms with Crippen LogP contribution < -0.4 is 5.69 Å². The molecular weight excluding hydrogens is 348 g/mol. The van der Waals surface area contributed by atoms with Crippen LogP contribution >= 0.6 is 15.9 Å². The number of aromatic nitrogens is 2. The molecule has 118 valence electrons. The molecule has 0 radical (unpaired) electrons. The predicted molar refractivity (Wildman–Crippen MR) is 88.3 cm³/mol. The first kappa shape index (κ1) is 16.5. The van der Waals surface area contributed by atoms with E-state index in [0.717, 1.165) is 20.2 Å². The lowest BCUT2D eigenvalue weighted by atomic mass is 10.1. The van der Waals surface area contributed by atoms with Gasteiger partial charge >= 0.3 is 11.8 Å². The summed E-state index contributed by atoms with van der Waals surface area (Å²) in [5.41, 5.74) is 1.05. The van der Waals surface area contributed by atoms with Crippen LogP contribution in [0.25, 0.3) is 0 Å². The molecule has 0 saturated heterocycles. The Kier molecular flexibility index (Phi) is 4.60. The highest BCUT2D eigenvalue weighted by atomic mass is 79.9. The average Bonchev–Trinajstić information content (AvgIpc) is 2.72. The first-order chi connectivity index (χ1) is 10.2. The molecule has 0 spiro atoms. The van der Waals surface area contributed by atoms with Crippen molar-refractivity contribution in [2.75, 3.05) is 0 Å². The van der Waals surface area contributed by atoms with Crippen molar-refractivity contribution in [3.8, 4) is 0 Å². The second-order valence-corrected chi connectivity index (χ2v) is 7.01. The smallest absolute Gasteiger partial charge is 0.422 e. The van der Waals surface area contributed by atoms with E-state index in [4.69, 9.17) is 4.74 Å². The molecule has 0 aliphatic rings. The molecular formula is C16H19BrN2O3. The Balaban J connectivity index is 2.25. The molecule has 2 rings (SSSR count). The van der Waals surface area contributed by atoms with E-state index in [1.807, 2.05) is 25.1 Å². The third kappa shape index (κ3) is 3.88. The Labute approximate surface area is 137 Å². The summed E-state index contributed by atoms with van der Waals surface area (Å²) in [6, 6.07) is 5.93. The molecule has 1 aromatic carbocycles. The van der Waals surface area contributed by atoms with E-state index < -0.39 is 17.4 Å².